The summed E-state index contributed by atoms with van der Waals surface area (Å²) < 4.78 is 19.1. The molecule has 2 aliphatic carbocycles. The summed E-state index contributed by atoms with van der Waals surface area (Å²) in [5, 5.41) is 0. The average molecular weight is 491 g/mol. The Morgan fingerprint density at radius 1 is 1.03 bits per heavy atom. The van der Waals surface area contributed by atoms with E-state index in [2.05, 4.69) is 48.2 Å². The number of halogens is 1. The topological polar surface area (TPSA) is 49.9 Å². The molecule has 5 rings (SSSR count). The second kappa shape index (κ2) is 9.47. The molecule has 0 N–H and O–H groups in total. The van der Waals surface area contributed by atoms with Gasteiger partial charge in [-0.05, 0) is 92.6 Å². The fourth-order valence-electron chi connectivity index (χ4n) is 6.99. The smallest absolute Gasteiger partial charge is 0.306 e. The van der Waals surface area contributed by atoms with E-state index in [0.29, 0.717) is 6.54 Å². The molecule has 6 heteroatoms. The number of carbonyl (C=O) groups is 2. The van der Waals surface area contributed by atoms with E-state index in [1.165, 1.54) is 35.4 Å². The highest BCUT2D eigenvalue weighted by Gasteiger charge is 2.53. The monoisotopic (exact) mass is 490 g/mol. The maximum Gasteiger partial charge on any atom is 0.306 e. The minimum atomic E-state index is -0.382. The van der Waals surface area contributed by atoms with E-state index in [0.717, 1.165) is 44.1 Å². The molecular weight excluding hydrogens is 455 g/mol. The summed E-state index contributed by atoms with van der Waals surface area (Å²) in [7, 11) is 5.49. The normalized spacial score (nSPS) is 25.2. The standard InChI is InChI=1S/C30H35FN2O3/c1-32(2)29(22-8-6-9-23(31)20-22)14-16-30(17-15-29)26-19-21-7-4-5-10-24(21)25(26)13-18-33(30)27(34)11-12-28(35)36-3/h4-10,20H,11-19H2,1-3H3. The van der Waals surface area contributed by atoms with Gasteiger partial charge in [0.15, 0.2) is 0 Å². The van der Waals surface area contributed by atoms with Crippen LogP contribution in [-0.2, 0) is 26.3 Å². The quantitative estimate of drug-likeness (QED) is 0.548. The van der Waals surface area contributed by atoms with Crippen molar-refractivity contribution in [2.24, 2.45) is 0 Å². The fraction of sp³-hybridized carbons (Fsp3) is 0.467. The third kappa shape index (κ3) is 3.96. The number of fused-ring (bicyclic) bond motifs is 3. The van der Waals surface area contributed by atoms with Gasteiger partial charge in [0.25, 0.3) is 0 Å². The second-order valence-electron chi connectivity index (χ2n) is 10.6. The zero-order valence-electron chi connectivity index (χ0n) is 21.5. The Hall–Kier alpha value is -2.99. The van der Waals surface area contributed by atoms with Crippen LogP contribution in [0.3, 0.4) is 0 Å². The number of esters is 1. The lowest BCUT2D eigenvalue weighted by atomic mass is 9.63. The largest absolute Gasteiger partial charge is 0.469 e. The van der Waals surface area contributed by atoms with Crippen LogP contribution in [0.4, 0.5) is 4.39 Å². The van der Waals surface area contributed by atoms with Gasteiger partial charge in [0.05, 0.1) is 19.1 Å². The molecule has 1 aliphatic heterocycles. The fourth-order valence-corrected chi connectivity index (χ4v) is 6.99. The average Bonchev–Trinajstić information content (AvgIpc) is 3.27. The van der Waals surface area contributed by atoms with Crippen molar-refractivity contribution < 1.29 is 18.7 Å². The molecule has 0 aromatic heterocycles. The van der Waals surface area contributed by atoms with Crippen molar-refractivity contribution in [1.29, 1.82) is 0 Å². The number of ether oxygens (including phenoxy) is 1. The molecular formula is C30H35FN2O3. The molecule has 2 aromatic carbocycles. The van der Waals surface area contributed by atoms with Gasteiger partial charge in [0, 0.05) is 18.5 Å². The van der Waals surface area contributed by atoms with E-state index in [1.54, 1.807) is 12.1 Å². The molecule has 190 valence electrons. The van der Waals surface area contributed by atoms with E-state index >= 15 is 0 Å². The molecule has 5 nitrogen and oxygen atoms in total. The van der Waals surface area contributed by atoms with Crippen molar-refractivity contribution in [1.82, 2.24) is 9.80 Å². The predicted molar refractivity (Wildman–Crippen MR) is 138 cm³/mol. The first-order valence-electron chi connectivity index (χ1n) is 12.9. The molecule has 0 radical (unpaired) electrons. The number of hydrogen-bond donors (Lipinski definition) is 0. The minimum Gasteiger partial charge on any atom is -0.469 e. The molecule has 2 aromatic rings. The van der Waals surface area contributed by atoms with Crippen molar-refractivity contribution in [3.05, 3.63) is 76.6 Å². The zero-order valence-corrected chi connectivity index (χ0v) is 21.5. The molecule has 1 saturated carbocycles. The van der Waals surface area contributed by atoms with Gasteiger partial charge in [0.2, 0.25) is 5.91 Å². The van der Waals surface area contributed by atoms with Crippen molar-refractivity contribution in [3.8, 4) is 0 Å². The van der Waals surface area contributed by atoms with Gasteiger partial charge in [-0.15, -0.1) is 0 Å². The highest BCUT2D eigenvalue weighted by molar-refractivity contribution is 5.86. The maximum atomic E-state index is 14.3. The van der Waals surface area contributed by atoms with E-state index in [-0.39, 0.29) is 41.6 Å². The zero-order chi connectivity index (χ0) is 25.5. The van der Waals surface area contributed by atoms with Gasteiger partial charge in [0.1, 0.15) is 5.82 Å². The van der Waals surface area contributed by atoms with E-state index < -0.39 is 0 Å². The van der Waals surface area contributed by atoms with Gasteiger partial charge < -0.3 is 9.64 Å². The van der Waals surface area contributed by atoms with E-state index in [9.17, 15) is 14.0 Å². The first kappa shape index (κ1) is 24.7. The molecule has 0 unspecified atom stereocenters. The summed E-state index contributed by atoms with van der Waals surface area (Å²) in [6.45, 7) is 0.655. The summed E-state index contributed by atoms with van der Waals surface area (Å²) in [5.74, 6) is -0.558. The van der Waals surface area contributed by atoms with Crippen molar-refractivity contribution in [3.63, 3.8) is 0 Å². The van der Waals surface area contributed by atoms with Crippen LogP contribution in [0.15, 0.2) is 54.1 Å². The molecule has 0 saturated heterocycles. The number of nitrogens with zero attached hydrogens (tertiary/aromatic N) is 2. The summed E-state index contributed by atoms with van der Waals surface area (Å²) in [6.07, 6.45) is 5.19. The van der Waals surface area contributed by atoms with Crippen LogP contribution in [0.1, 0.15) is 61.6 Å². The number of hydrogen-bond acceptors (Lipinski definition) is 4. The van der Waals surface area contributed by atoms with Crippen LogP contribution in [-0.4, -0.2) is 55.0 Å². The van der Waals surface area contributed by atoms with Crippen molar-refractivity contribution in [2.75, 3.05) is 27.7 Å². The molecule has 3 aliphatic rings. The van der Waals surface area contributed by atoms with Crippen LogP contribution in [0.2, 0.25) is 0 Å². The number of amides is 1. The Labute approximate surface area is 212 Å². The van der Waals surface area contributed by atoms with E-state index in [1.807, 2.05) is 6.07 Å². The van der Waals surface area contributed by atoms with E-state index in [4.69, 9.17) is 4.74 Å². The van der Waals surface area contributed by atoms with Gasteiger partial charge >= 0.3 is 5.97 Å². The summed E-state index contributed by atoms with van der Waals surface area (Å²) in [5.41, 5.74) is 5.73. The highest BCUT2D eigenvalue weighted by Crippen LogP contribution is 2.55. The number of methoxy groups -OCH3 is 1. The van der Waals surface area contributed by atoms with Gasteiger partial charge in [-0.25, -0.2) is 4.39 Å². The summed E-state index contributed by atoms with van der Waals surface area (Å²) in [6, 6.07) is 15.6. The van der Waals surface area contributed by atoms with Crippen molar-refractivity contribution >= 4 is 17.4 Å². The van der Waals surface area contributed by atoms with Gasteiger partial charge in [-0.2, -0.15) is 0 Å². The number of benzene rings is 2. The molecule has 1 amide bonds. The number of carbonyl (C=O) groups excluding carboxylic acids is 2. The Morgan fingerprint density at radius 2 is 1.78 bits per heavy atom. The first-order valence-corrected chi connectivity index (χ1v) is 12.9. The van der Waals surface area contributed by atoms with Crippen LogP contribution >= 0.6 is 0 Å². The lowest BCUT2D eigenvalue weighted by Gasteiger charge is -2.56. The summed E-state index contributed by atoms with van der Waals surface area (Å²) >= 11 is 0. The third-order valence-corrected chi connectivity index (χ3v) is 8.93. The molecule has 0 atom stereocenters. The molecule has 1 spiro atoms. The SMILES string of the molecule is COC(=O)CCC(=O)N1CCC2=C(Cc3ccccc32)C12CCC(c1cccc(F)c1)(N(C)C)CC2. The first-order chi connectivity index (χ1) is 17.3. The Bertz CT molecular complexity index is 1210. The number of rotatable bonds is 5. The third-order valence-electron chi connectivity index (χ3n) is 8.93. The van der Waals surface area contributed by atoms with Crippen LogP contribution in [0.25, 0.3) is 5.57 Å². The van der Waals surface area contributed by atoms with Crippen LogP contribution in [0.5, 0.6) is 0 Å². The van der Waals surface area contributed by atoms with Gasteiger partial charge in [-0.3, -0.25) is 14.5 Å². The Kier molecular flexibility index (Phi) is 6.50. The molecule has 1 heterocycles. The van der Waals surface area contributed by atoms with Crippen LogP contribution in [0, 0.1) is 5.82 Å². The molecule has 1 fully saturated rings. The molecule has 0 bridgehead atoms. The lowest BCUT2D eigenvalue weighted by Crippen LogP contribution is -2.60. The lowest BCUT2D eigenvalue weighted by molar-refractivity contribution is -0.146. The van der Waals surface area contributed by atoms with Crippen LogP contribution < -0.4 is 0 Å². The minimum absolute atomic E-state index is 0.0195. The van der Waals surface area contributed by atoms with Crippen molar-refractivity contribution in [2.45, 2.75) is 62.4 Å². The summed E-state index contributed by atoms with van der Waals surface area (Å²) in [4.78, 5) is 29.7. The molecule has 36 heavy (non-hydrogen) atoms. The highest BCUT2D eigenvalue weighted by atomic mass is 19.1. The second-order valence-corrected chi connectivity index (χ2v) is 10.6. The predicted octanol–water partition coefficient (Wildman–Crippen LogP) is 5.09. The van der Waals surface area contributed by atoms with Gasteiger partial charge in [-0.1, -0.05) is 36.4 Å². The Morgan fingerprint density at radius 3 is 2.47 bits per heavy atom. The Balaban J connectivity index is 1.52. The maximum absolute atomic E-state index is 14.3.